The van der Waals surface area contributed by atoms with Crippen LogP contribution in [0.15, 0.2) is 51.8 Å². The number of anilines is 1. The second-order valence-electron chi connectivity index (χ2n) is 5.08. The van der Waals surface area contributed by atoms with Gasteiger partial charge in [-0.25, -0.2) is 0 Å². The van der Waals surface area contributed by atoms with E-state index in [1.807, 2.05) is 24.3 Å². The Bertz CT molecular complexity index is 896. The summed E-state index contributed by atoms with van der Waals surface area (Å²) in [5, 5.41) is 11.2. The predicted molar refractivity (Wildman–Crippen MR) is 102 cm³/mol. The Morgan fingerprint density at radius 2 is 1.85 bits per heavy atom. The highest BCUT2D eigenvalue weighted by Gasteiger charge is 2.13. The summed E-state index contributed by atoms with van der Waals surface area (Å²) in [4.78, 5) is 13.0. The van der Waals surface area contributed by atoms with Crippen LogP contribution in [-0.2, 0) is 4.79 Å². The predicted octanol–water partition coefficient (Wildman–Crippen LogP) is 4.78. The van der Waals surface area contributed by atoms with Crippen LogP contribution in [0.2, 0.25) is 10.0 Å². The Labute approximate surface area is 163 Å². The van der Waals surface area contributed by atoms with E-state index in [-0.39, 0.29) is 23.6 Å². The summed E-state index contributed by atoms with van der Waals surface area (Å²) >= 11 is 13.3. The molecule has 0 spiro atoms. The number of rotatable bonds is 6. The summed E-state index contributed by atoms with van der Waals surface area (Å²) in [6.07, 6.45) is 0. The van der Waals surface area contributed by atoms with Crippen molar-refractivity contribution in [3.05, 3.63) is 52.5 Å². The molecule has 0 aliphatic carbocycles. The molecule has 6 nitrogen and oxygen atoms in total. The van der Waals surface area contributed by atoms with E-state index in [2.05, 4.69) is 15.5 Å². The number of hydrogen-bond donors (Lipinski definition) is 1. The molecule has 1 heterocycles. The number of benzene rings is 2. The average Bonchev–Trinajstić information content (AvgIpc) is 3.08. The van der Waals surface area contributed by atoms with Gasteiger partial charge in [-0.1, -0.05) is 28.3 Å². The van der Waals surface area contributed by atoms with E-state index >= 15 is 0 Å². The van der Waals surface area contributed by atoms with Gasteiger partial charge >= 0.3 is 6.01 Å². The summed E-state index contributed by atoms with van der Waals surface area (Å²) in [6.45, 7) is 0. The van der Waals surface area contributed by atoms with Gasteiger partial charge in [0.2, 0.25) is 11.8 Å². The average molecular weight is 410 g/mol. The number of nitrogens with one attached hydrogen (secondary N) is 1. The number of amides is 1. The molecule has 0 radical (unpaired) electrons. The molecule has 0 atom stereocenters. The fraction of sp³-hybridized carbons (Fsp3) is 0.118. The number of nitrogens with zero attached hydrogens (tertiary/aromatic N) is 2. The molecule has 134 valence electrons. The van der Waals surface area contributed by atoms with Crippen molar-refractivity contribution in [3.8, 4) is 17.2 Å². The standard InChI is InChI=1S/C17H13Cl2N3O3S/c1-24-13-2-4-14(5-3-13)26-9-15(23)20-17-22-21-16(25-17)10-6-11(18)8-12(19)7-10/h2-8H,9H2,1H3,(H,20,22,23). The molecule has 0 aliphatic rings. The lowest BCUT2D eigenvalue weighted by molar-refractivity contribution is -0.113. The zero-order valence-corrected chi connectivity index (χ0v) is 15.9. The molecule has 26 heavy (non-hydrogen) atoms. The van der Waals surface area contributed by atoms with Gasteiger partial charge < -0.3 is 9.15 Å². The molecule has 3 aromatic rings. The van der Waals surface area contributed by atoms with Crippen LogP contribution in [0.25, 0.3) is 11.5 Å². The second-order valence-corrected chi connectivity index (χ2v) is 7.00. The Kier molecular flexibility index (Phi) is 6.03. The van der Waals surface area contributed by atoms with Crippen molar-refractivity contribution in [3.63, 3.8) is 0 Å². The number of carbonyl (C=O) groups is 1. The molecule has 1 N–H and O–H groups in total. The third kappa shape index (κ3) is 4.91. The summed E-state index contributed by atoms with van der Waals surface area (Å²) in [7, 11) is 1.60. The minimum absolute atomic E-state index is 0.0106. The van der Waals surface area contributed by atoms with Gasteiger partial charge in [0.1, 0.15) is 5.75 Å². The Morgan fingerprint density at radius 1 is 1.15 bits per heavy atom. The van der Waals surface area contributed by atoms with E-state index in [0.29, 0.717) is 15.6 Å². The molecule has 2 aromatic carbocycles. The molecule has 0 aliphatic heterocycles. The third-order valence-corrected chi connectivity index (χ3v) is 4.66. The van der Waals surface area contributed by atoms with E-state index < -0.39 is 0 Å². The first-order valence-corrected chi connectivity index (χ1v) is 9.14. The van der Waals surface area contributed by atoms with Crippen molar-refractivity contribution in [1.82, 2.24) is 10.2 Å². The maximum absolute atomic E-state index is 12.0. The quantitative estimate of drug-likeness (QED) is 0.590. The first-order valence-electron chi connectivity index (χ1n) is 7.40. The molecule has 0 saturated carbocycles. The first-order chi connectivity index (χ1) is 12.5. The smallest absolute Gasteiger partial charge is 0.322 e. The summed E-state index contributed by atoms with van der Waals surface area (Å²) in [5.74, 6) is 0.920. The maximum Gasteiger partial charge on any atom is 0.322 e. The fourth-order valence-corrected chi connectivity index (χ4v) is 3.27. The van der Waals surface area contributed by atoms with Crippen molar-refractivity contribution in [2.24, 2.45) is 0 Å². The van der Waals surface area contributed by atoms with E-state index in [1.54, 1.807) is 25.3 Å². The number of methoxy groups -OCH3 is 1. The van der Waals surface area contributed by atoms with Gasteiger partial charge in [-0.15, -0.1) is 16.9 Å². The number of hydrogen-bond acceptors (Lipinski definition) is 6. The van der Waals surface area contributed by atoms with Crippen molar-refractivity contribution >= 4 is 46.9 Å². The Balaban J connectivity index is 1.58. The van der Waals surface area contributed by atoms with Gasteiger partial charge in [-0.3, -0.25) is 10.1 Å². The fourth-order valence-electron chi connectivity index (χ4n) is 2.04. The van der Waals surface area contributed by atoms with E-state index in [0.717, 1.165) is 10.6 Å². The SMILES string of the molecule is COc1ccc(SCC(=O)Nc2nnc(-c3cc(Cl)cc(Cl)c3)o2)cc1. The van der Waals surface area contributed by atoms with Crippen LogP contribution >= 0.6 is 35.0 Å². The molecular formula is C17H13Cl2N3O3S. The van der Waals surface area contributed by atoms with E-state index in [1.165, 1.54) is 11.8 Å². The molecule has 0 saturated heterocycles. The summed E-state index contributed by atoms with van der Waals surface area (Å²) in [6, 6.07) is 12.3. The molecule has 1 aromatic heterocycles. The summed E-state index contributed by atoms with van der Waals surface area (Å²) in [5.41, 5.74) is 0.572. The zero-order chi connectivity index (χ0) is 18.5. The van der Waals surface area contributed by atoms with Crippen LogP contribution in [0.4, 0.5) is 6.01 Å². The van der Waals surface area contributed by atoms with Crippen LogP contribution in [0.1, 0.15) is 0 Å². The lowest BCUT2D eigenvalue weighted by Gasteiger charge is -2.03. The molecule has 0 bridgehead atoms. The van der Waals surface area contributed by atoms with Gasteiger partial charge in [-0.05, 0) is 42.5 Å². The minimum atomic E-state index is -0.259. The molecule has 1 amide bonds. The number of halogens is 2. The molecule has 0 fully saturated rings. The number of thioether (sulfide) groups is 1. The highest BCUT2D eigenvalue weighted by Crippen LogP contribution is 2.27. The van der Waals surface area contributed by atoms with Gasteiger partial charge in [0, 0.05) is 20.5 Å². The Morgan fingerprint density at radius 3 is 2.50 bits per heavy atom. The zero-order valence-electron chi connectivity index (χ0n) is 13.5. The molecular weight excluding hydrogens is 397 g/mol. The number of carbonyl (C=O) groups excluding carboxylic acids is 1. The van der Waals surface area contributed by atoms with Gasteiger partial charge in [0.15, 0.2) is 0 Å². The minimum Gasteiger partial charge on any atom is -0.497 e. The number of ether oxygens (including phenoxy) is 1. The van der Waals surface area contributed by atoms with Gasteiger partial charge in [0.05, 0.1) is 12.9 Å². The van der Waals surface area contributed by atoms with Gasteiger partial charge in [0.25, 0.3) is 0 Å². The lowest BCUT2D eigenvalue weighted by atomic mass is 10.2. The maximum atomic E-state index is 12.0. The highest BCUT2D eigenvalue weighted by atomic mass is 35.5. The monoisotopic (exact) mass is 409 g/mol. The molecule has 3 rings (SSSR count). The van der Waals surface area contributed by atoms with Crippen molar-refractivity contribution in [1.29, 1.82) is 0 Å². The number of aromatic nitrogens is 2. The largest absolute Gasteiger partial charge is 0.497 e. The molecule has 0 unspecified atom stereocenters. The lowest BCUT2D eigenvalue weighted by Crippen LogP contribution is -2.14. The normalized spacial score (nSPS) is 10.6. The van der Waals surface area contributed by atoms with Crippen molar-refractivity contribution < 1.29 is 13.9 Å². The van der Waals surface area contributed by atoms with Gasteiger partial charge in [-0.2, -0.15) is 0 Å². The summed E-state index contributed by atoms with van der Waals surface area (Å²) < 4.78 is 10.5. The second kappa shape index (κ2) is 8.44. The van der Waals surface area contributed by atoms with Crippen LogP contribution in [0.3, 0.4) is 0 Å². The van der Waals surface area contributed by atoms with E-state index in [4.69, 9.17) is 32.4 Å². The van der Waals surface area contributed by atoms with Crippen molar-refractivity contribution in [2.75, 3.05) is 18.2 Å². The van der Waals surface area contributed by atoms with Crippen LogP contribution in [-0.4, -0.2) is 29.0 Å². The van der Waals surface area contributed by atoms with Crippen LogP contribution in [0, 0.1) is 0 Å². The van der Waals surface area contributed by atoms with Crippen LogP contribution < -0.4 is 10.1 Å². The van der Waals surface area contributed by atoms with Crippen molar-refractivity contribution in [2.45, 2.75) is 4.90 Å². The topological polar surface area (TPSA) is 77.2 Å². The van der Waals surface area contributed by atoms with E-state index in [9.17, 15) is 4.79 Å². The molecule has 9 heteroatoms. The van der Waals surface area contributed by atoms with Crippen LogP contribution in [0.5, 0.6) is 5.75 Å². The Hall–Kier alpha value is -2.22. The highest BCUT2D eigenvalue weighted by molar-refractivity contribution is 8.00. The first kappa shape index (κ1) is 18.6. The third-order valence-electron chi connectivity index (χ3n) is 3.21.